The number of hydrogen-bond donors (Lipinski definition) is 0. The van der Waals surface area contributed by atoms with Crippen molar-refractivity contribution in [3.63, 3.8) is 0 Å². The smallest absolute Gasteiger partial charge is 0.319 e. The fraction of sp³-hybridized carbons (Fsp3) is 0.938. The van der Waals surface area contributed by atoms with Crippen LogP contribution in [-0.4, -0.2) is 93.0 Å². The average molecular weight is 313 g/mol. The van der Waals surface area contributed by atoms with E-state index in [4.69, 9.17) is 9.47 Å². The predicted octanol–water partition coefficient (Wildman–Crippen LogP) is 1.12. The van der Waals surface area contributed by atoms with Crippen LogP contribution >= 0.6 is 0 Å². The van der Waals surface area contributed by atoms with Crippen molar-refractivity contribution in [3.05, 3.63) is 0 Å². The summed E-state index contributed by atoms with van der Waals surface area (Å²) in [6.45, 7) is 8.64. The molecule has 0 N–H and O–H groups in total. The minimum atomic E-state index is -0.329. The molecule has 2 aliphatic heterocycles. The lowest BCUT2D eigenvalue weighted by atomic mass is 9.93. The number of urea groups is 1. The first-order valence-electron chi connectivity index (χ1n) is 8.21. The Kier molecular flexibility index (Phi) is 5.69. The Morgan fingerprint density at radius 1 is 1.36 bits per heavy atom. The van der Waals surface area contributed by atoms with Crippen molar-refractivity contribution in [3.8, 4) is 0 Å². The van der Waals surface area contributed by atoms with Crippen molar-refractivity contribution in [1.82, 2.24) is 14.7 Å². The first-order chi connectivity index (χ1) is 10.3. The third kappa shape index (κ3) is 4.12. The van der Waals surface area contributed by atoms with E-state index in [1.54, 1.807) is 19.0 Å². The van der Waals surface area contributed by atoms with Gasteiger partial charge < -0.3 is 24.2 Å². The second-order valence-corrected chi connectivity index (χ2v) is 7.25. The van der Waals surface area contributed by atoms with Gasteiger partial charge in [0.05, 0.1) is 26.4 Å². The van der Waals surface area contributed by atoms with Gasteiger partial charge in [0, 0.05) is 33.2 Å². The van der Waals surface area contributed by atoms with Gasteiger partial charge in [0.1, 0.15) is 5.60 Å². The van der Waals surface area contributed by atoms with Crippen LogP contribution in [0, 0.1) is 5.92 Å². The van der Waals surface area contributed by atoms with Crippen molar-refractivity contribution >= 4 is 6.03 Å². The summed E-state index contributed by atoms with van der Waals surface area (Å²) in [6.07, 6.45) is 0.960. The summed E-state index contributed by atoms with van der Waals surface area (Å²) in [6, 6.07) is 0.574. The summed E-state index contributed by atoms with van der Waals surface area (Å²) in [5.74, 6) is 0.505. The van der Waals surface area contributed by atoms with Gasteiger partial charge in [0.25, 0.3) is 0 Å². The largest absolute Gasteiger partial charge is 0.377 e. The second kappa shape index (κ2) is 7.15. The van der Waals surface area contributed by atoms with Crippen molar-refractivity contribution in [2.24, 2.45) is 5.92 Å². The summed E-state index contributed by atoms with van der Waals surface area (Å²) in [5.41, 5.74) is -0.329. The van der Waals surface area contributed by atoms with Crippen LogP contribution in [0.25, 0.3) is 0 Å². The van der Waals surface area contributed by atoms with Crippen LogP contribution in [0.15, 0.2) is 0 Å². The maximum absolute atomic E-state index is 12.3. The molecule has 2 atom stereocenters. The van der Waals surface area contributed by atoms with Crippen LogP contribution in [0.2, 0.25) is 0 Å². The molecule has 0 aromatic rings. The van der Waals surface area contributed by atoms with Crippen LogP contribution in [0.3, 0.4) is 0 Å². The van der Waals surface area contributed by atoms with Gasteiger partial charge in [-0.05, 0) is 33.2 Å². The molecule has 2 fully saturated rings. The zero-order valence-electron chi connectivity index (χ0n) is 14.7. The molecule has 0 bridgehead atoms. The van der Waals surface area contributed by atoms with Gasteiger partial charge in [-0.2, -0.15) is 0 Å². The van der Waals surface area contributed by atoms with Crippen molar-refractivity contribution in [1.29, 1.82) is 0 Å². The topological polar surface area (TPSA) is 45.3 Å². The van der Waals surface area contributed by atoms with Gasteiger partial charge in [0.15, 0.2) is 0 Å². The Morgan fingerprint density at radius 2 is 2.09 bits per heavy atom. The molecule has 2 saturated heterocycles. The molecule has 2 aliphatic rings. The van der Waals surface area contributed by atoms with E-state index in [2.05, 4.69) is 25.8 Å². The van der Waals surface area contributed by atoms with Crippen LogP contribution in [0.5, 0.6) is 0 Å². The standard InChI is InChI=1S/C16H31N3O3/c1-13(2)18(5)9-14-8-16(22-10-14)11-19(6-7-21-12-16)15(20)17(3)4/h13-14H,6-12H2,1-5H3. The highest BCUT2D eigenvalue weighted by atomic mass is 16.5. The molecule has 6 heteroatoms. The number of ether oxygens (including phenoxy) is 2. The number of carbonyl (C=O) groups is 1. The molecule has 0 saturated carbocycles. The van der Waals surface area contributed by atoms with Gasteiger partial charge >= 0.3 is 6.03 Å². The predicted molar refractivity (Wildman–Crippen MR) is 86.0 cm³/mol. The van der Waals surface area contributed by atoms with E-state index in [1.807, 2.05) is 4.90 Å². The highest BCUT2D eigenvalue weighted by molar-refractivity contribution is 5.74. The molecule has 0 radical (unpaired) electrons. The number of amides is 2. The third-order valence-electron chi connectivity index (χ3n) is 4.72. The minimum Gasteiger partial charge on any atom is -0.377 e. The zero-order chi connectivity index (χ0) is 16.3. The van der Waals surface area contributed by atoms with Gasteiger partial charge in [-0.3, -0.25) is 0 Å². The molecule has 2 unspecified atom stereocenters. The fourth-order valence-corrected chi connectivity index (χ4v) is 3.24. The first kappa shape index (κ1) is 17.5. The van der Waals surface area contributed by atoms with Crippen LogP contribution in [0.4, 0.5) is 4.79 Å². The Hall–Kier alpha value is -0.850. The molecular weight excluding hydrogens is 282 g/mol. The van der Waals surface area contributed by atoms with Crippen LogP contribution in [-0.2, 0) is 9.47 Å². The number of rotatable bonds is 3. The average Bonchev–Trinajstić information content (AvgIpc) is 2.71. The summed E-state index contributed by atoms with van der Waals surface area (Å²) < 4.78 is 11.9. The van der Waals surface area contributed by atoms with Crippen molar-refractivity contribution in [2.75, 3.05) is 60.6 Å². The van der Waals surface area contributed by atoms with Crippen LogP contribution in [0.1, 0.15) is 20.3 Å². The maximum Gasteiger partial charge on any atom is 0.319 e. The second-order valence-electron chi connectivity index (χ2n) is 7.25. The lowest BCUT2D eigenvalue weighted by molar-refractivity contribution is -0.0536. The first-order valence-corrected chi connectivity index (χ1v) is 8.21. The van der Waals surface area contributed by atoms with Crippen molar-refractivity contribution in [2.45, 2.75) is 31.9 Å². The molecule has 0 aliphatic carbocycles. The van der Waals surface area contributed by atoms with Crippen LogP contribution < -0.4 is 0 Å². The van der Waals surface area contributed by atoms with Crippen molar-refractivity contribution < 1.29 is 14.3 Å². The lowest BCUT2D eigenvalue weighted by Gasteiger charge is -2.32. The van der Waals surface area contributed by atoms with E-state index < -0.39 is 0 Å². The highest BCUT2D eigenvalue weighted by Gasteiger charge is 2.44. The number of hydrogen-bond acceptors (Lipinski definition) is 4. The van der Waals surface area contributed by atoms with E-state index >= 15 is 0 Å². The Bertz CT molecular complexity index is 389. The lowest BCUT2D eigenvalue weighted by Crippen LogP contribution is -2.49. The van der Waals surface area contributed by atoms with E-state index in [0.29, 0.717) is 38.3 Å². The summed E-state index contributed by atoms with van der Waals surface area (Å²) in [7, 11) is 5.73. The van der Waals surface area contributed by atoms with E-state index in [-0.39, 0.29) is 11.6 Å². The Morgan fingerprint density at radius 3 is 2.73 bits per heavy atom. The molecule has 2 heterocycles. The monoisotopic (exact) mass is 313 g/mol. The summed E-state index contributed by atoms with van der Waals surface area (Å²) in [4.78, 5) is 18.1. The zero-order valence-corrected chi connectivity index (χ0v) is 14.7. The fourth-order valence-electron chi connectivity index (χ4n) is 3.24. The third-order valence-corrected chi connectivity index (χ3v) is 4.72. The molecule has 0 aromatic carbocycles. The molecule has 1 spiro atoms. The molecule has 2 amide bonds. The number of nitrogens with zero attached hydrogens (tertiary/aromatic N) is 3. The Labute approximate surface area is 134 Å². The van der Waals surface area contributed by atoms with Gasteiger partial charge in [-0.1, -0.05) is 0 Å². The van der Waals surface area contributed by atoms with Gasteiger partial charge in [-0.25, -0.2) is 4.79 Å². The van der Waals surface area contributed by atoms with E-state index in [0.717, 1.165) is 19.6 Å². The summed E-state index contributed by atoms with van der Waals surface area (Å²) in [5, 5.41) is 0. The quantitative estimate of drug-likeness (QED) is 0.783. The SMILES string of the molecule is CC(C)N(C)CC1COC2(COCCN(C(=O)N(C)C)C2)C1. The van der Waals surface area contributed by atoms with E-state index in [1.165, 1.54) is 0 Å². The molecular formula is C16H31N3O3. The molecule has 22 heavy (non-hydrogen) atoms. The van der Waals surface area contributed by atoms with Gasteiger partial charge in [0.2, 0.25) is 0 Å². The maximum atomic E-state index is 12.3. The molecule has 6 nitrogen and oxygen atoms in total. The molecule has 2 rings (SSSR count). The Balaban J connectivity index is 1.99. The minimum absolute atomic E-state index is 0.0382. The number of carbonyl (C=O) groups excluding carboxylic acids is 1. The molecule has 0 aromatic heterocycles. The highest BCUT2D eigenvalue weighted by Crippen LogP contribution is 2.33. The normalized spacial score (nSPS) is 29.4. The molecule has 128 valence electrons. The van der Waals surface area contributed by atoms with E-state index in [9.17, 15) is 4.79 Å². The van der Waals surface area contributed by atoms with Gasteiger partial charge in [-0.15, -0.1) is 0 Å². The summed E-state index contributed by atoms with van der Waals surface area (Å²) >= 11 is 0.